The summed E-state index contributed by atoms with van der Waals surface area (Å²) >= 11 is 0. The van der Waals surface area contributed by atoms with E-state index in [2.05, 4.69) is 11.9 Å². The molecule has 3 aliphatic rings. The summed E-state index contributed by atoms with van der Waals surface area (Å²) in [5.41, 5.74) is 0. The van der Waals surface area contributed by atoms with Crippen molar-refractivity contribution in [1.82, 2.24) is 14.7 Å². The fourth-order valence-electron chi connectivity index (χ4n) is 4.17. The van der Waals surface area contributed by atoms with Crippen LogP contribution in [0.5, 0.6) is 0 Å². The fraction of sp³-hybridized carbons (Fsp3) is 0.867. The first-order valence-electron chi connectivity index (χ1n) is 8.05. The molecule has 3 aliphatic heterocycles. The summed E-state index contributed by atoms with van der Waals surface area (Å²) in [6.07, 6.45) is 5.26. The molecule has 0 aromatic carbocycles. The molecule has 0 aromatic rings. The smallest absolute Gasteiger partial charge is 0.320 e. The van der Waals surface area contributed by atoms with Crippen LogP contribution >= 0.6 is 0 Å². The summed E-state index contributed by atoms with van der Waals surface area (Å²) < 4.78 is 0. The number of likely N-dealkylation sites (tertiary alicyclic amines) is 2. The van der Waals surface area contributed by atoms with Crippen LogP contribution in [0.15, 0.2) is 0 Å². The number of aliphatic carboxylic acids is 1. The molecule has 6 heteroatoms. The summed E-state index contributed by atoms with van der Waals surface area (Å²) in [4.78, 5) is 29.9. The zero-order valence-corrected chi connectivity index (χ0v) is 12.7. The van der Waals surface area contributed by atoms with E-state index < -0.39 is 5.97 Å². The van der Waals surface area contributed by atoms with E-state index in [9.17, 15) is 9.59 Å². The second-order valence-electron chi connectivity index (χ2n) is 6.66. The third-order valence-corrected chi connectivity index (χ3v) is 5.45. The minimum Gasteiger partial charge on any atom is -0.481 e. The van der Waals surface area contributed by atoms with Gasteiger partial charge in [0.25, 0.3) is 0 Å². The lowest BCUT2D eigenvalue weighted by molar-refractivity contribution is -0.138. The number of hydrogen-bond acceptors (Lipinski definition) is 3. The van der Waals surface area contributed by atoms with Crippen molar-refractivity contribution in [3.8, 4) is 0 Å². The highest BCUT2D eigenvalue weighted by molar-refractivity contribution is 5.76. The first-order valence-corrected chi connectivity index (χ1v) is 8.05. The number of amides is 2. The number of urea groups is 1. The largest absolute Gasteiger partial charge is 0.481 e. The summed E-state index contributed by atoms with van der Waals surface area (Å²) in [6, 6.07) is 1.02. The van der Waals surface area contributed by atoms with Gasteiger partial charge in [0.15, 0.2) is 0 Å². The molecule has 0 aliphatic carbocycles. The second-order valence-corrected chi connectivity index (χ2v) is 6.66. The van der Waals surface area contributed by atoms with E-state index >= 15 is 0 Å². The molecule has 6 nitrogen and oxygen atoms in total. The third kappa shape index (κ3) is 2.86. The molecule has 0 saturated carbocycles. The molecule has 3 saturated heterocycles. The van der Waals surface area contributed by atoms with Crippen LogP contribution in [0, 0.1) is 0 Å². The van der Waals surface area contributed by atoms with Crippen molar-refractivity contribution in [2.75, 3.05) is 26.7 Å². The highest BCUT2D eigenvalue weighted by Crippen LogP contribution is 2.30. The molecule has 21 heavy (non-hydrogen) atoms. The molecule has 3 heterocycles. The van der Waals surface area contributed by atoms with Gasteiger partial charge >= 0.3 is 12.0 Å². The number of carbonyl (C=O) groups is 2. The zero-order valence-electron chi connectivity index (χ0n) is 12.7. The predicted molar refractivity (Wildman–Crippen MR) is 78.1 cm³/mol. The van der Waals surface area contributed by atoms with Crippen molar-refractivity contribution in [2.24, 2.45) is 0 Å². The Hall–Kier alpha value is -1.30. The number of hydrogen-bond donors (Lipinski definition) is 1. The van der Waals surface area contributed by atoms with E-state index in [1.165, 1.54) is 12.8 Å². The monoisotopic (exact) mass is 295 g/mol. The molecule has 0 radical (unpaired) electrons. The maximum Gasteiger partial charge on any atom is 0.320 e. The van der Waals surface area contributed by atoms with Crippen LogP contribution in [-0.4, -0.2) is 76.6 Å². The average molecular weight is 295 g/mol. The molecule has 118 valence electrons. The number of likely N-dealkylation sites (N-methyl/N-ethyl adjacent to an activating group) is 1. The summed E-state index contributed by atoms with van der Waals surface area (Å²) in [5, 5.41) is 8.99. The van der Waals surface area contributed by atoms with Crippen LogP contribution in [0.1, 0.15) is 38.5 Å². The highest BCUT2D eigenvalue weighted by Gasteiger charge is 2.39. The van der Waals surface area contributed by atoms with Crippen molar-refractivity contribution < 1.29 is 14.7 Å². The maximum absolute atomic E-state index is 12.8. The van der Waals surface area contributed by atoms with Gasteiger partial charge in [-0.05, 0) is 39.2 Å². The molecule has 3 rings (SSSR count). The normalized spacial score (nSPS) is 33.3. The van der Waals surface area contributed by atoms with Gasteiger partial charge < -0.3 is 14.9 Å². The Morgan fingerprint density at radius 2 is 1.86 bits per heavy atom. The first kappa shape index (κ1) is 14.6. The predicted octanol–water partition coefficient (Wildman–Crippen LogP) is 1.21. The van der Waals surface area contributed by atoms with Crippen molar-refractivity contribution in [2.45, 2.75) is 56.7 Å². The van der Waals surface area contributed by atoms with Gasteiger partial charge in [0.1, 0.15) is 0 Å². The standard InChI is InChI=1S/C15H25N3O3/c1-16-11-4-5-13(16)10-17(8-6-11)15(21)18-7-2-3-12(18)9-14(19)20/h11-13H,2-10H2,1H3,(H,19,20). The van der Waals surface area contributed by atoms with Gasteiger partial charge in [0.05, 0.1) is 6.42 Å². The number of rotatable bonds is 2. The lowest BCUT2D eigenvalue weighted by Crippen LogP contribution is -2.48. The Morgan fingerprint density at radius 1 is 1.10 bits per heavy atom. The van der Waals surface area contributed by atoms with E-state index in [0.29, 0.717) is 18.6 Å². The topological polar surface area (TPSA) is 64.1 Å². The highest BCUT2D eigenvalue weighted by atomic mass is 16.4. The second kappa shape index (κ2) is 5.83. The molecule has 2 bridgehead atoms. The minimum atomic E-state index is -0.811. The summed E-state index contributed by atoms with van der Waals surface area (Å²) in [5.74, 6) is -0.811. The molecule has 0 aromatic heterocycles. The Labute approximate surface area is 125 Å². The molecule has 3 fully saturated rings. The van der Waals surface area contributed by atoms with Crippen molar-refractivity contribution >= 4 is 12.0 Å². The third-order valence-electron chi connectivity index (χ3n) is 5.45. The van der Waals surface area contributed by atoms with Crippen LogP contribution < -0.4 is 0 Å². The first-order chi connectivity index (χ1) is 10.1. The number of nitrogens with zero attached hydrogens (tertiary/aromatic N) is 3. The molecule has 3 unspecified atom stereocenters. The Kier molecular flexibility index (Phi) is 4.06. The van der Waals surface area contributed by atoms with Gasteiger partial charge in [-0.3, -0.25) is 9.69 Å². The lowest BCUT2D eigenvalue weighted by Gasteiger charge is -2.32. The molecule has 3 atom stereocenters. The van der Waals surface area contributed by atoms with Gasteiger partial charge in [-0.1, -0.05) is 0 Å². The van der Waals surface area contributed by atoms with Gasteiger partial charge in [-0.2, -0.15) is 0 Å². The van der Waals surface area contributed by atoms with Crippen LogP contribution in [0.2, 0.25) is 0 Å². The van der Waals surface area contributed by atoms with Gasteiger partial charge in [-0.25, -0.2) is 4.79 Å². The van der Waals surface area contributed by atoms with Gasteiger partial charge in [0.2, 0.25) is 0 Å². The number of carboxylic acids is 1. The molecular weight excluding hydrogens is 270 g/mol. The Balaban J connectivity index is 1.66. The van der Waals surface area contributed by atoms with Crippen molar-refractivity contribution in [1.29, 1.82) is 0 Å². The number of carbonyl (C=O) groups excluding carboxylic acids is 1. The van der Waals surface area contributed by atoms with E-state index in [0.717, 1.165) is 32.4 Å². The lowest BCUT2D eigenvalue weighted by atomic mass is 10.1. The van der Waals surface area contributed by atoms with Crippen molar-refractivity contribution in [3.05, 3.63) is 0 Å². The van der Waals surface area contributed by atoms with Crippen LogP contribution in [0.25, 0.3) is 0 Å². The summed E-state index contributed by atoms with van der Waals surface area (Å²) in [7, 11) is 2.17. The van der Waals surface area contributed by atoms with Gasteiger partial charge in [-0.15, -0.1) is 0 Å². The number of carboxylic acid groups (broad SMARTS) is 1. The van der Waals surface area contributed by atoms with E-state index in [1.54, 1.807) is 4.90 Å². The van der Waals surface area contributed by atoms with Crippen LogP contribution in [0.3, 0.4) is 0 Å². The Morgan fingerprint density at radius 3 is 2.62 bits per heavy atom. The average Bonchev–Trinajstić information content (AvgIpc) is 2.94. The van der Waals surface area contributed by atoms with Crippen LogP contribution in [-0.2, 0) is 4.79 Å². The molecular formula is C15H25N3O3. The fourth-order valence-corrected chi connectivity index (χ4v) is 4.17. The van der Waals surface area contributed by atoms with Crippen LogP contribution in [0.4, 0.5) is 4.79 Å². The molecule has 2 amide bonds. The SMILES string of the molecule is CN1C2CCC1CN(C(=O)N1CCCC1CC(=O)O)CC2. The van der Waals surface area contributed by atoms with E-state index in [-0.39, 0.29) is 18.5 Å². The zero-order chi connectivity index (χ0) is 15.0. The van der Waals surface area contributed by atoms with Crippen molar-refractivity contribution in [3.63, 3.8) is 0 Å². The quantitative estimate of drug-likeness (QED) is 0.832. The number of fused-ring (bicyclic) bond motifs is 2. The molecule has 1 N–H and O–H groups in total. The Bertz CT molecular complexity index is 428. The van der Waals surface area contributed by atoms with E-state index in [1.807, 2.05) is 4.90 Å². The molecule has 0 spiro atoms. The van der Waals surface area contributed by atoms with E-state index in [4.69, 9.17) is 5.11 Å². The van der Waals surface area contributed by atoms with Gasteiger partial charge in [0, 0.05) is 37.8 Å². The maximum atomic E-state index is 12.8. The minimum absolute atomic E-state index is 0.0553. The summed E-state index contributed by atoms with van der Waals surface area (Å²) in [6.45, 7) is 2.31.